The van der Waals surface area contributed by atoms with Crippen molar-refractivity contribution in [3.05, 3.63) is 41.7 Å². The summed E-state index contributed by atoms with van der Waals surface area (Å²) < 4.78 is 28.4. The highest BCUT2D eigenvalue weighted by Gasteiger charge is 2.09. The molecular weight excluding hydrogens is 212 g/mol. The molecule has 0 radical (unpaired) electrons. The minimum atomic E-state index is -0.498. The van der Waals surface area contributed by atoms with Crippen molar-refractivity contribution in [3.8, 4) is 0 Å². The van der Waals surface area contributed by atoms with E-state index in [9.17, 15) is 8.78 Å². The van der Waals surface area contributed by atoms with Crippen LogP contribution in [0.5, 0.6) is 0 Å². The maximum Gasteiger partial charge on any atom is 0.207 e. The standard InChI is InChI=1S/C11H11F2N3/c1-7-5-9(13)10(6-8(7)12)15-11-14-3-4-16(11)2/h3-6H,1-2H3,(H,14,15). The van der Waals surface area contributed by atoms with Crippen LogP contribution in [0.25, 0.3) is 0 Å². The van der Waals surface area contributed by atoms with Crippen LogP contribution in [0.15, 0.2) is 24.5 Å². The van der Waals surface area contributed by atoms with Crippen LogP contribution >= 0.6 is 0 Å². The normalized spacial score (nSPS) is 10.5. The molecule has 1 aromatic carbocycles. The predicted molar refractivity (Wildman–Crippen MR) is 57.6 cm³/mol. The molecule has 0 saturated carbocycles. The molecule has 2 aromatic rings. The van der Waals surface area contributed by atoms with Gasteiger partial charge in [0.2, 0.25) is 5.95 Å². The molecule has 0 aliphatic rings. The zero-order valence-electron chi connectivity index (χ0n) is 8.96. The van der Waals surface area contributed by atoms with Crippen LogP contribution < -0.4 is 5.32 Å². The summed E-state index contributed by atoms with van der Waals surface area (Å²) in [5.41, 5.74) is 0.361. The van der Waals surface area contributed by atoms with Crippen molar-refractivity contribution in [1.29, 1.82) is 0 Å². The Morgan fingerprint density at radius 2 is 2.00 bits per heavy atom. The average Bonchev–Trinajstić information content (AvgIpc) is 2.61. The fourth-order valence-corrected chi connectivity index (χ4v) is 1.35. The van der Waals surface area contributed by atoms with E-state index in [1.807, 2.05) is 0 Å². The van der Waals surface area contributed by atoms with Gasteiger partial charge in [0, 0.05) is 25.5 Å². The maximum atomic E-state index is 13.5. The molecule has 0 aliphatic carbocycles. The summed E-state index contributed by atoms with van der Waals surface area (Å²) in [6.45, 7) is 1.52. The lowest BCUT2D eigenvalue weighted by Gasteiger charge is -2.08. The second-order valence-corrected chi connectivity index (χ2v) is 3.57. The molecule has 0 atom stereocenters. The Balaban J connectivity index is 2.35. The summed E-state index contributed by atoms with van der Waals surface area (Å²) in [5.74, 6) is -0.484. The minimum absolute atomic E-state index is 0.0809. The Kier molecular flexibility index (Phi) is 2.60. The Morgan fingerprint density at radius 3 is 2.62 bits per heavy atom. The van der Waals surface area contributed by atoms with Crippen LogP contribution in [-0.2, 0) is 7.05 Å². The van der Waals surface area contributed by atoms with Crippen LogP contribution in [0.2, 0.25) is 0 Å². The summed E-state index contributed by atoms with van der Waals surface area (Å²) in [4.78, 5) is 3.97. The highest BCUT2D eigenvalue weighted by molar-refractivity contribution is 5.55. The van der Waals surface area contributed by atoms with Crippen molar-refractivity contribution in [3.63, 3.8) is 0 Å². The van der Waals surface area contributed by atoms with Crippen molar-refractivity contribution in [2.45, 2.75) is 6.92 Å². The smallest absolute Gasteiger partial charge is 0.207 e. The molecule has 5 heteroatoms. The topological polar surface area (TPSA) is 29.9 Å². The fourth-order valence-electron chi connectivity index (χ4n) is 1.35. The molecule has 0 bridgehead atoms. The summed E-state index contributed by atoms with van der Waals surface area (Å²) in [7, 11) is 1.76. The first kappa shape index (κ1) is 10.6. The summed E-state index contributed by atoms with van der Waals surface area (Å²) in [6.07, 6.45) is 3.29. The van der Waals surface area contributed by atoms with Gasteiger partial charge < -0.3 is 9.88 Å². The van der Waals surface area contributed by atoms with E-state index in [4.69, 9.17) is 0 Å². The van der Waals surface area contributed by atoms with Crippen LogP contribution in [0.3, 0.4) is 0 Å². The number of nitrogens with zero attached hydrogens (tertiary/aromatic N) is 2. The quantitative estimate of drug-likeness (QED) is 0.848. The Labute approximate surface area is 91.7 Å². The number of halogens is 2. The molecule has 16 heavy (non-hydrogen) atoms. The van der Waals surface area contributed by atoms with E-state index in [0.717, 1.165) is 12.1 Å². The molecule has 0 spiro atoms. The summed E-state index contributed by atoms with van der Waals surface area (Å²) in [6, 6.07) is 2.28. The number of rotatable bonds is 2. The lowest BCUT2D eigenvalue weighted by molar-refractivity contribution is 0.595. The number of aryl methyl sites for hydroxylation is 2. The molecule has 3 nitrogen and oxygen atoms in total. The number of hydrogen-bond donors (Lipinski definition) is 1. The Morgan fingerprint density at radius 1 is 1.25 bits per heavy atom. The van der Waals surface area contributed by atoms with Gasteiger partial charge in [-0.3, -0.25) is 0 Å². The molecule has 1 N–H and O–H groups in total. The first-order valence-corrected chi connectivity index (χ1v) is 4.78. The first-order chi connectivity index (χ1) is 7.58. The summed E-state index contributed by atoms with van der Waals surface area (Å²) in [5, 5.41) is 2.73. The van der Waals surface area contributed by atoms with E-state index >= 15 is 0 Å². The molecule has 1 aromatic heterocycles. The SMILES string of the molecule is Cc1cc(F)c(Nc2nccn2C)cc1F. The van der Waals surface area contributed by atoms with Crippen molar-refractivity contribution in [2.24, 2.45) is 7.05 Å². The third-order valence-corrected chi connectivity index (χ3v) is 2.32. The number of anilines is 2. The largest absolute Gasteiger partial charge is 0.323 e. The first-order valence-electron chi connectivity index (χ1n) is 4.78. The monoisotopic (exact) mass is 223 g/mol. The van der Waals surface area contributed by atoms with Gasteiger partial charge in [0.1, 0.15) is 11.6 Å². The van der Waals surface area contributed by atoms with Gasteiger partial charge in [-0.15, -0.1) is 0 Å². The average molecular weight is 223 g/mol. The second kappa shape index (κ2) is 3.92. The molecule has 0 aliphatic heterocycles. The van der Waals surface area contributed by atoms with E-state index in [0.29, 0.717) is 5.95 Å². The van der Waals surface area contributed by atoms with Crippen LogP contribution in [-0.4, -0.2) is 9.55 Å². The van der Waals surface area contributed by atoms with Gasteiger partial charge >= 0.3 is 0 Å². The van der Waals surface area contributed by atoms with Gasteiger partial charge in [-0.25, -0.2) is 13.8 Å². The second-order valence-electron chi connectivity index (χ2n) is 3.57. The van der Waals surface area contributed by atoms with Gasteiger partial charge in [-0.05, 0) is 18.6 Å². The zero-order valence-corrected chi connectivity index (χ0v) is 8.96. The third-order valence-electron chi connectivity index (χ3n) is 2.32. The molecule has 84 valence electrons. The van der Waals surface area contributed by atoms with Crippen molar-refractivity contribution in [1.82, 2.24) is 9.55 Å². The van der Waals surface area contributed by atoms with E-state index in [2.05, 4.69) is 10.3 Å². The number of aromatic nitrogens is 2. The minimum Gasteiger partial charge on any atom is -0.323 e. The van der Waals surface area contributed by atoms with Crippen LogP contribution in [0.1, 0.15) is 5.56 Å². The van der Waals surface area contributed by atoms with Gasteiger partial charge in [0.15, 0.2) is 0 Å². The molecule has 2 rings (SSSR count). The Hall–Kier alpha value is -1.91. The molecule has 1 heterocycles. The molecule has 0 fully saturated rings. The van der Waals surface area contributed by atoms with Gasteiger partial charge in [0.05, 0.1) is 5.69 Å². The van der Waals surface area contributed by atoms with Crippen LogP contribution in [0.4, 0.5) is 20.4 Å². The van der Waals surface area contributed by atoms with Gasteiger partial charge in [-0.2, -0.15) is 0 Å². The predicted octanol–water partition coefficient (Wildman–Crippen LogP) is 2.75. The molecule has 0 saturated heterocycles. The van der Waals surface area contributed by atoms with Gasteiger partial charge in [-0.1, -0.05) is 0 Å². The lowest BCUT2D eigenvalue weighted by Crippen LogP contribution is -2.01. The number of imidazole rings is 1. The van der Waals surface area contributed by atoms with Crippen molar-refractivity contribution in [2.75, 3.05) is 5.32 Å². The highest BCUT2D eigenvalue weighted by Crippen LogP contribution is 2.21. The van der Waals surface area contributed by atoms with Crippen molar-refractivity contribution < 1.29 is 8.78 Å². The highest BCUT2D eigenvalue weighted by atomic mass is 19.1. The molecular formula is C11H11F2N3. The number of benzene rings is 1. The van der Waals surface area contributed by atoms with E-state index < -0.39 is 11.6 Å². The summed E-state index contributed by atoms with van der Waals surface area (Å²) >= 11 is 0. The zero-order chi connectivity index (χ0) is 11.7. The molecule has 0 amide bonds. The third kappa shape index (κ3) is 1.88. The van der Waals surface area contributed by atoms with E-state index in [-0.39, 0.29) is 11.3 Å². The number of nitrogens with one attached hydrogen (secondary N) is 1. The molecule has 0 unspecified atom stereocenters. The number of hydrogen-bond acceptors (Lipinski definition) is 2. The lowest BCUT2D eigenvalue weighted by atomic mass is 10.2. The maximum absolute atomic E-state index is 13.5. The van der Waals surface area contributed by atoms with Crippen LogP contribution in [0, 0.1) is 18.6 Å². The fraction of sp³-hybridized carbons (Fsp3) is 0.182. The Bertz CT molecular complexity index is 520. The van der Waals surface area contributed by atoms with E-state index in [1.165, 1.54) is 6.92 Å². The van der Waals surface area contributed by atoms with Crippen molar-refractivity contribution >= 4 is 11.6 Å². The van der Waals surface area contributed by atoms with Gasteiger partial charge in [0.25, 0.3) is 0 Å². The van der Waals surface area contributed by atoms with E-state index in [1.54, 1.807) is 24.0 Å².